The predicted octanol–water partition coefficient (Wildman–Crippen LogP) is 2.06. The van der Waals surface area contributed by atoms with Crippen LogP contribution in [0.5, 0.6) is 0 Å². The molecule has 1 aromatic rings. The number of aliphatic hydroxyl groups excluding tert-OH is 1. The van der Waals surface area contributed by atoms with Crippen LogP contribution in [0.15, 0.2) is 24.3 Å². The summed E-state index contributed by atoms with van der Waals surface area (Å²) in [6.07, 6.45) is 0.798. The summed E-state index contributed by atoms with van der Waals surface area (Å²) in [5, 5.41) is 9.19. The fourth-order valence-electron chi connectivity index (χ4n) is 1.83. The summed E-state index contributed by atoms with van der Waals surface area (Å²) in [5.74, 6) is -0.249. The monoisotopic (exact) mass is 206 g/mol. The standard InChI is InChI=1S/C12H14O3/c1-8(13)6-7-11-9-4-2-3-5-10(9)12(14)15-11/h2-5,8,11,13H,6-7H2,1H3/t8-,11-/m0/s1. The summed E-state index contributed by atoms with van der Waals surface area (Å²) in [4.78, 5) is 11.4. The fourth-order valence-corrected chi connectivity index (χ4v) is 1.83. The highest BCUT2D eigenvalue weighted by Gasteiger charge is 2.30. The lowest BCUT2D eigenvalue weighted by Crippen LogP contribution is -2.05. The predicted molar refractivity (Wildman–Crippen MR) is 55.5 cm³/mol. The molecule has 1 aliphatic heterocycles. The minimum Gasteiger partial charge on any atom is -0.454 e. The first-order chi connectivity index (χ1) is 7.18. The average Bonchev–Trinajstić information content (AvgIpc) is 2.54. The Morgan fingerprint density at radius 3 is 2.93 bits per heavy atom. The van der Waals surface area contributed by atoms with Crippen LogP contribution in [-0.2, 0) is 4.74 Å². The maximum absolute atomic E-state index is 11.4. The molecule has 0 saturated heterocycles. The molecule has 80 valence electrons. The largest absolute Gasteiger partial charge is 0.454 e. The summed E-state index contributed by atoms with van der Waals surface area (Å²) in [5.41, 5.74) is 1.61. The molecule has 1 N–H and O–H groups in total. The Balaban J connectivity index is 2.14. The first-order valence-electron chi connectivity index (χ1n) is 5.16. The molecule has 15 heavy (non-hydrogen) atoms. The molecule has 0 aromatic heterocycles. The molecule has 0 unspecified atom stereocenters. The number of rotatable bonds is 3. The maximum Gasteiger partial charge on any atom is 0.339 e. The van der Waals surface area contributed by atoms with Gasteiger partial charge in [-0.15, -0.1) is 0 Å². The van der Waals surface area contributed by atoms with Crippen molar-refractivity contribution >= 4 is 5.97 Å². The van der Waals surface area contributed by atoms with Gasteiger partial charge < -0.3 is 9.84 Å². The van der Waals surface area contributed by atoms with Gasteiger partial charge in [-0.05, 0) is 25.8 Å². The van der Waals surface area contributed by atoms with E-state index in [1.807, 2.05) is 18.2 Å². The Labute approximate surface area is 88.7 Å². The number of hydrogen-bond donors (Lipinski definition) is 1. The van der Waals surface area contributed by atoms with E-state index in [-0.39, 0.29) is 18.2 Å². The highest BCUT2D eigenvalue weighted by atomic mass is 16.5. The van der Waals surface area contributed by atoms with Crippen molar-refractivity contribution in [2.24, 2.45) is 0 Å². The van der Waals surface area contributed by atoms with Crippen LogP contribution < -0.4 is 0 Å². The zero-order chi connectivity index (χ0) is 10.8. The van der Waals surface area contributed by atoms with E-state index >= 15 is 0 Å². The Bertz CT molecular complexity index is 371. The van der Waals surface area contributed by atoms with Crippen LogP contribution >= 0.6 is 0 Å². The van der Waals surface area contributed by atoms with E-state index < -0.39 is 0 Å². The summed E-state index contributed by atoms with van der Waals surface area (Å²) in [6, 6.07) is 7.42. The summed E-state index contributed by atoms with van der Waals surface area (Å²) in [7, 11) is 0. The van der Waals surface area contributed by atoms with E-state index in [0.717, 1.165) is 5.56 Å². The highest BCUT2D eigenvalue weighted by Crippen LogP contribution is 2.33. The molecular formula is C12H14O3. The van der Waals surface area contributed by atoms with Gasteiger partial charge >= 0.3 is 5.97 Å². The number of carbonyl (C=O) groups is 1. The number of carbonyl (C=O) groups excluding carboxylic acids is 1. The molecule has 3 nitrogen and oxygen atoms in total. The van der Waals surface area contributed by atoms with E-state index in [1.165, 1.54) is 0 Å². The second-order valence-corrected chi connectivity index (χ2v) is 3.91. The van der Waals surface area contributed by atoms with Crippen LogP contribution in [0.1, 0.15) is 41.8 Å². The molecule has 0 aliphatic carbocycles. The third kappa shape index (κ3) is 2.02. The SMILES string of the molecule is C[C@H](O)CC[C@@H]1OC(=O)c2ccccc21. The van der Waals surface area contributed by atoms with E-state index in [4.69, 9.17) is 4.74 Å². The molecule has 1 aromatic carbocycles. The molecule has 0 spiro atoms. The molecule has 0 saturated carbocycles. The molecule has 0 bridgehead atoms. The second-order valence-electron chi connectivity index (χ2n) is 3.91. The van der Waals surface area contributed by atoms with Gasteiger partial charge in [0.05, 0.1) is 11.7 Å². The highest BCUT2D eigenvalue weighted by molar-refractivity contribution is 5.93. The molecule has 3 heteroatoms. The first kappa shape index (κ1) is 10.2. The van der Waals surface area contributed by atoms with Crippen molar-refractivity contribution in [2.45, 2.75) is 32.0 Å². The lowest BCUT2D eigenvalue weighted by Gasteiger charge is -2.11. The van der Waals surface area contributed by atoms with Gasteiger partial charge in [-0.25, -0.2) is 4.79 Å². The molecule has 0 radical (unpaired) electrons. The van der Waals surface area contributed by atoms with E-state index in [9.17, 15) is 9.90 Å². The van der Waals surface area contributed by atoms with Crippen LogP contribution in [0, 0.1) is 0 Å². The quantitative estimate of drug-likeness (QED) is 0.770. The van der Waals surface area contributed by atoms with Gasteiger partial charge in [-0.2, -0.15) is 0 Å². The van der Waals surface area contributed by atoms with Crippen LogP contribution in [-0.4, -0.2) is 17.2 Å². The van der Waals surface area contributed by atoms with Gasteiger partial charge in [0.25, 0.3) is 0 Å². The van der Waals surface area contributed by atoms with Crippen molar-refractivity contribution in [1.29, 1.82) is 0 Å². The van der Waals surface area contributed by atoms with Crippen molar-refractivity contribution in [3.8, 4) is 0 Å². The van der Waals surface area contributed by atoms with E-state index in [0.29, 0.717) is 18.4 Å². The van der Waals surface area contributed by atoms with Crippen molar-refractivity contribution in [2.75, 3.05) is 0 Å². The molecule has 0 amide bonds. The summed E-state index contributed by atoms with van der Waals surface area (Å²) < 4.78 is 5.23. The number of esters is 1. The lowest BCUT2D eigenvalue weighted by atomic mass is 10.0. The Kier molecular flexibility index (Phi) is 2.73. The van der Waals surface area contributed by atoms with Gasteiger partial charge in [0, 0.05) is 5.56 Å². The number of ether oxygens (including phenoxy) is 1. The molecule has 1 heterocycles. The van der Waals surface area contributed by atoms with Gasteiger partial charge in [0.15, 0.2) is 0 Å². The fraction of sp³-hybridized carbons (Fsp3) is 0.417. The molecule has 0 fully saturated rings. The number of hydrogen-bond acceptors (Lipinski definition) is 3. The number of fused-ring (bicyclic) bond motifs is 1. The third-order valence-corrected chi connectivity index (χ3v) is 2.62. The lowest BCUT2D eigenvalue weighted by molar-refractivity contribution is 0.0333. The van der Waals surface area contributed by atoms with Crippen LogP contribution in [0.25, 0.3) is 0 Å². The Hall–Kier alpha value is -1.35. The van der Waals surface area contributed by atoms with Crippen molar-refractivity contribution < 1.29 is 14.6 Å². The van der Waals surface area contributed by atoms with Gasteiger partial charge in [0.2, 0.25) is 0 Å². The number of benzene rings is 1. The zero-order valence-corrected chi connectivity index (χ0v) is 8.64. The Morgan fingerprint density at radius 2 is 2.20 bits per heavy atom. The number of cyclic esters (lactones) is 1. The van der Waals surface area contributed by atoms with Crippen molar-refractivity contribution in [3.05, 3.63) is 35.4 Å². The Morgan fingerprint density at radius 1 is 1.47 bits per heavy atom. The number of aliphatic hydroxyl groups is 1. The van der Waals surface area contributed by atoms with Gasteiger partial charge in [0.1, 0.15) is 6.10 Å². The first-order valence-corrected chi connectivity index (χ1v) is 5.16. The van der Waals surface area contributed by atoms with Crippen molar-refractivity contribution in [3.63, 3.8) is 0 Å². The van der Waals surface area contributed by atoms with Crippen LogP contribution in [0.2, 0.25) is 0 Å². The van der Waals surface area contributed by atoms with Crippen LogP contribution in [0.4, 0.5) is 0 Å². The normalized spacial score (nSPS) is 20.9. The minimum atomic E-state index is -0.350. The smallest absolute Gasteiger partial charge is 0.339 e. The third-order valence-electron chi connectivity index (χ3n) is 2.62. The minimum absolute atomic E-state index is 0.178. The molecule has 1 aliphatic rings. The van der Waals surface area contributed by atoms with Gasteiger partial charge in [-0.3, -0.25) is 0 Å². The zero-order valence-electron chi connectivity index (χ0n) is 8.64. The molecular weight excluding hydrogens is 192 g/mol. The van der Waals surface area contributed by atoms with E-state index in [1.54, 1.807) is 13.0 Å². The molecule has 2 atom stereocenters. The summed E-state index contributed by atoms with van der Waals surface area (Å²) in [6.45, 7) is 1.74. The second kappa shape index (κ2) is 4.03. The van der Waals surface area contributed by atoms with E-state index in [2.05, 4.69) is 0 Å². The summed E-state index contributed by atoms with van der Waals surface area (Å²) >= 11 is 0. The van der Waals surface area contributed by atoms with Crippen LogP contribution in [0.3, 0.4) is 0 Å². The molecule has 2 rings (SSSR count). The maximum atomic E-state index is 11.4. The average molecular weight is 206 g/mol. The topological polar surface area (TPSA) is 46.5 Å². The van der Waals surface area contributed by atoms with Crippen molar-refractivity contribution in [1.82, 2.24) is 0 Å². The van der Waals surface area contributed by atoms with Gasteiger partial charge in [-0.1, -0.05) is 18.2 Å².